The Labute approximate surface area is 144 Å². The summed E-state index contributed by atoms with van der Waals surface area (Å²) in [6.07, 6.45) is 7.33. The second-order valence-corrected chi connectivity index (χ2v) is 6.72. The number of pyridine rings is 1. The molecular formula is C18H27N5O. The van der Waals surface area contributed by atoms with E-state index in [4.69, 9.17) is 0 Å². The lowest BCUT2D eigenvalue weighted by Gasteiger charge is -2.26. The molecule has 6 heteroatoms. The third-order valence-electron chi connectivity index (χ3n) is 3.68. The number of likely N-dealkylation sites (N-methyl/N-ethyl adjacent to an activating group) is 1. The zero-order chi connectivity index (χ0) is 17.5. The number of nitrogens with zero attached hydrogens (tertiary/aromatic N) is 5. The van der Waals surface area contributed by atoms with Gasteiger partial charge in [0.05, 0.1) is 12.7 Å². The van der Waals surface area contributed by atoms with Gasteiger partial charge in [0.15, 0.2) is 0 Å². The van der Waals surface area contributed by atoms with Gasteiger partial charge in [-0.05, 0) is 30.7 Å². The van der Waals surface area contributed by atoms with Gasteiger partial charge in [-0.25, -0.2) is 0 Å². The molecule has 0 aliphatic heterocycles. The lowest BCUT2D eigenvalue weighted by atomic mass is 10.2. The first-order valence-electron chi connectivity index (χ1n) is 8.26. The summed E-state index contributed by atoms with van der Waals surface area (Å²) < 4.78 is 1.77. The Balaban J connectivity index is 1.96. The second-order valence-electron chi connectivity index (χ2n) is 6.72. The molecule has 0 spiro atoms. The van der Waals surface area contributed by atoms with Crippen LogP contribution in [0, 0.1) is 5.92 Å². The third-order valence-corrected chi connectivity index (χ3v) is 3.68. The smallest absolute Gasteiger partial charge is 0.237 e. The molecule has 0 bridgehead atoms. The van der Waals surface area contributed by atoms with Crippen molar-refractivity contribution in [2.75, 3.05) is 20.1 Å². The van der Waals surface area contributed by atoms with Gasteiger partial charge in [0.1, 0.15) is 0 Å². The van der Waals surface area contributed by atoms with Gasteiger partial charge in [-0.15, -0.1) is 0 Å². The Morgan fingerprint density at radius 2 is 1.92 bits per heavy atom. The van der Waals surface area contributed by atoms with Crippen LogP contribution in [0.5, 0.6) is 0 Å². The fourth-order valence-corrected chi connectivity index (χ4v) is 2.66. The SMILES string of the molecule is CC(C)CN(Cc1cnn(C)c1)C(=O)CN(C)Cc1ccncc1. The van der Waals surface area contributed by atoms with E-state index in [0.717, 1.165) is 24.2 Å². The number of aryl methyl sites for hydroxylation is 1. The van der Waals surface area contributed by atoms with Crippen LogP contribution < -0.4 is 0 Å². The standard InChI is InChI=1S/C18H27N5O/c1-15(2)10-23(13-17-9-20-22(4)12-17)18(24)14-21(3)11-16-5-7-19-8-6-16/h5-9,12,15H,10-11,13-14H2,1-4H3. The van der Waals surface area contributed by atoms with Crippen molar-refractivity contribution in [1.29, 1.82) is 0 Å². The molecule has 1 amide bonds. The van der Waals surface area contributed by atoms with Crippen LogP contribution in [-0.2, 0) is 24.9 Å². The predicted molar refractivity (Wildman–Crippen MR) is 94.0 cm³/mol. The molecule has 0 N–H and O–H groups in total. The minimum absolute atomic E-state index is 0.143. The molecule has 6 nitrogen and oxygen atoms in total. The van der Waals surface area contributed by atoms with E-state index >= 15 is 0 Å². The quantitative estimate of drug-likeness (QED) is 0.743. The Morgan fingerprint density at radius 3 is 2.50 bits per heavy atom. The number of carbonyl (C=O) groups is 1. The average molecular weight is 329 g/mol. The number of rotatable bonds is 8. The van der Waals surface area contributed by atoms with Gasteiger partial charge in [-0.1, -0.05) is 13.8 Å². The van der Waals surface area contributed by atoms with E-state index < -0.39 is 0 Å². The van der Waals surface area contributed by atoms with E-state index in [-0.39, 0.29) is 5.91 Å². The van der Waals surface area contributed by atoms with Crippen molar-refractivity contribution in [3.63, 3.8) is 0 Å². The normalized spacial score (nSPS) is 11.2. The van der Waals surface area contributed by atoms with Crippen molar-refractivity contribution in [3.05, 3.63) is 48.0 Å². The van der Waals surface area contributed by atoms with Crippen molar-refractivity contribution in [1.82, 2.24) is 24.6 Å². The lowest BCUT2D eigenvalue weighted by Crippen LogP contribution is -2.40. The number of amides is 1. The summed E-state index contributed by atoms with van der Waals surface area (Å²) in [5.74, 6) is 0.570. The third kappa shape index (κ3) is 5.77. The molecule has 0 aromatic carbocycles. The van der Waals surface area contributed by atoms with Crippen LogP contribution in [0.25, 0.3) is 0 Å². The number of hydrogen-bond donors (Lipinski definition) is 0. The summed E-state index contributed by atoms with van der Waals surface area (Å²) in [4.78, 5) is 20.7. The number of carbonyl (C=O) groups excluding carboxylic acids is 1. The average Bonchev–Trinajstić information content (AvgIpc) is 2.92. The molecule has 0 unspecified atom stereocenters. The van der Waals surface area contributed by atoms with Crippen molar-refractivity contribution in [2.24, 2.45) is 13.0 Å². The van der Waals surface area contributed by atoms with Crippen LogP contribution in [0.1, 0.15) is 25.0 Å². The highest BCUT2D eigenvalue weighted by Crippen LogP contribution is 2.09. The molecule has 0 radical (unpaired) electrons. The molecule has 0 aliphatic rings. The van der Waals surface area contributed by atoms with Gasteiger partial charge < -0.3 is 4.90 Å². The fraction of sp³-hybridized carbons (Fsp3) is 0.500. The first kappa shape index (κ1) is 18.1. The Bertz CT molecular complexity index is 638. The van der Waals surface area contributed by atoms with Crippen LogP contribution in [-0.4, -0.2) is 50.6 Å². The van der Waals surface area contributed by atoms with E-state index in [0.29, 0.717) is 19.0 Å². The van der Waals surface area contributed by atoms with Crippen molar-refractivity contribution in [3.8, 4) is 0 Å². The molecule has 0 atom stereocenters. The monoisotopic (exact) mass is 329 g/mol. The summed E-state index contributed by atoms with van der Waals surface area (Å²) in [7, 11) is 3.86. The van der Waals surface area contributed by atoms with E-state index in [2.05, 4.69) is 23.9 Å². The minimum Gasteiger partial charge on any atom is -0.337 e. The number of hydrogen-bond acceptors (Lipinski definition) is 4. The highest BCUT2D eigenvalue weighted by Gasteiger charge is 2.18. The molecule has 0 fully saturated rings. The topological polar surface area (TPSA) is 54.3 Å². The van der Waals surface area contributed by atoms with Crippen molar-refractivity contribution in [2.45, 2.75) is 26.9 Å². The Hall–Kier alpha value is -2.21. The lowest BCUT2D eigenvalue weighted by molar-refractivity contribution is -0.133. The first-order valence-corrected chi connectivity index (χ1v) is 8.26. The van der Waals surface area contributed by atoms with Crippen LogP contribution in [0.3, 0.4) is 0 Å². The van der Waals surface area contributed by atoms with Gasteiger partial charge in [0.2, 0.25) is 5.91 Å². The summed E-state index contributed by atoms with van der Waals surface area (Å²) in [6, 6.07) is 3.95. The minimum atomic E-state index is 0.143. The summed E-state index contributed by atoms with van der Waals surface area (Å²) in [6.45, 7) is 6.74. The maximum Gasteiger partial charge on any atom is 0.237 e. The van der Waals surface area contributed by atoms with Crippen LogP contribution in [0.4, 0.5) is 0 Å². The summed E-state index contributed by atoms with van der Waals surface area (Å²) in [5, 5.41) is 4.19. The molecule has 2 aromatic heterocycles. The van der Waals surface area contributed by atoms with Crippen LogP contribution >= 0.6 is 0 Å². The summed E-state index contributed by atoms with van der Waals surface area (Å²) >= 11 is 0. The maximum absolute atomic E-state index is 12.7. The molecule has 130 valence electrons. The van der Waals surface area contributed by atoms with E-state index in [1.54, 1.807) is 17.1 Å². The largest absolute Gasteiger partial charge is 0.337 e. The van der Waals surface area contributed by atoms with Gasteiger partial charge in [-0.2, -0.15) is 5.10 Å². The second kappa shape index (κ2) is 8.59. The van der Waals surface area contributed by atoms with Crippen LogP contribution in [0.2, 0.25) is 0 Å². The molecule has 24 heavy (non-hydrogen) atoms. The Kier molecular flexibility index (Phi) is 6.49. The van der Waals surface area contributed by atoms with Gasteiger partial charge in [0, 0.05) is 50.8 Å². The number of aromatic nitrogens is 3. The maximum atomic E-state index is 12.7. The highest BCUT2D eigenvalue weighted by atomic mass is 16.2. The fourth-order valence-electron chi connectivity index (χ4n) is 2.66. The van der Waals surface area contributed by atoms with Gasteiger partial charge in [0.25, 0.3) is 0 Å². The highest BCUT2D eigenvalue weighted by molar-refractivity contribution is 5.78. The van der Waals surface area contributed by atoms with Gasteiger partial charge in [-0.3, -0.25) is 19.4 Å². The predicted octanol–water partition coefficient (Wildman–Crippen LogP) is 1.93. The molecule has 2 heterocycles. The summed E-state index contributed by atoms with van der Waals surface area (Å²) in [5.41, 5.74) is 2.21. The zero-order valence-corrected chi connectivity index (χ0v) is 15.0. The molecule has 0 aliphatic carbocycles. The molecule has 2 aromatic rings. The van der Waals surface area contributed by atoms with E-state index in [1.165, 1.54) is 0 Å². The first-order chi connectivity index (χ1) is 11.4. The van der Waals surface area contributed by atoms with Crippen molar-refractivity contribution >= 4 is 5.91 Å². The van der Waals surface area contributed by atoms with E-state index in [1.807, 2.05) is 48.4 Å². The van der Waals surface area contributed by atoms with E-state index in [9.17, 15) is 4.79 Å². The molecular weight excluding hydrogens is 302 g/mol. The molecule has 0 saturated heterocycles. The van der Waals surface area contributed by atoms with Crippen LogP contribution in [0.15, 0.2) is 36.9 Å². The zero-order valence-electron chi connectivity index (χ0n) is 15.0. The van der Waals surface area contributed by atoms with Crippen molar-refractivity contribution < 1.29 is 4.79 Å². The van der Waals surface area contributed by atoms with Gasteiger partial charge >= 0.3 is 0 Å². The molecule has 2 rings (SSSR count). The Morgan fingerprint density at radius 1 is 1.21 bits per heavy atom. The molecule has 0 saturated carbocycles.